The number of nitrogens with zero attached hydrogens (tertiary/aromatic N) is 1. The number of carbonyl (C=O) groups is 3. The number of furan rings is 1. The average molecular weight is 466 g/mol. The van der Waals surface area contributed by atoms with E-state index < -0.39 is 40.5 Å². The molecule has 0 fully saturated rings. The van der Waals surface area contributed by atoms with Crippen LogP contribution in [0.5, 0.6) is 0 Å². The lowest BCUT2D eigenvalue weighted by molar-refractivity contribution is -0.150. The molecule has 1 heterocycles. The lowest BCUT2D eigenvalue weighted by Crippen LogP contribution is -2.45. The Kier molecular flexibility index (Phi) is 8.17. The summed E-state index contributed by atoms with van der Waals surface area (Å²) in [6.07, 6.45) is 1.34. The molecule has 0 aliphatic rings. The van der Waals surface area contributed by atoms with Gasteiger partial charge in [-0.25, -0.2) is 17.5 Å². The molecule has 174 valence electrons. The summed E-state index contributed by atoms with van der Waals surface area (Å²) in [7, 11) is -0.870. The maximum absolute atomic E-state index is 12.4. The van der Waals surface area contributed by atoms with E-state index in [9.17, 15) is 22.8 Å². The van der Waals surface area contributed by atoms with Crippen LogP contribution in [-0.4, -0.2) is 57.3 Å². The summed E-state index contributed by atoms with van der Waals surface area (Å²) in [6, 6.07) is 6.46. The molecule has 1 aromatic heterocycles. The number of esters is 1. The summed E-state index contributed by atoms with van der Waals surface area (Å²) >= 11 is 0. The number of hydrogen-bond donors (Lipinski definition) is 2. The number of benzene rings is 1. The summed E-state index contributed by atoms with van der Waals surface area (Å²) in [5.74, 6) is -2.28. The van der Waals surface area contributed by atoms with Gasteiger partial charge in [0.2, 0.25) is 10.0 Å². The molecule has 0 spiro atoms. The van der Waals surface area contributed by atoms with Crippen LogP contribution in [0.1, 0.15) is 30.0 Å². The Morgan fingerprint density at radius 2 is 1.84 bits per heavy atom. The standard InChI is InChI=1S/C21H27N3O7S/c1-13(2)19(23-20(26)16-7-6-10-30-16)21(27)31-12-18(25)22-15-9-8-14(3)17(11-15)32(28,29)24(4)5/h6-11,13,19H,12H2,1-5H3,(H,22,25)(H,23,26)/t19-/m0/s1. The normalized spacial score (nSPS) is 12.5. The van der Waals surface area contributed by atoms with Crippen LogP contribution >= 0.6 is 0 Å². The monoisotopic (exact) mass is 465 g/mol. The summed E-state index contributed by atoms with van der Waals surface area (Å²) in [6.45, 7) is 4.47. The molecule has 2 amide bonds. The van der Waals surface area contributed by atoms with E-state index in [1.165, 1.54) is 32.5 Å². The van der Waals surface area contributed by atoms with Gasteiger partial charge in [-0.1, -0.05) is 19.9 Å². The fraction of sp³-hybridized carbons (Fsp3) is 0.381. The third-order valence-electron chi connectivity index (χ3n) is 4.53. The second-order valence-corrected chi connectivity index (χ2v) is 9.72. The zero-order valence-electron chi connectivity index (χ0n) is 18.5. The van der Waals surface area contributed by atoms with E-state index in [1.807, 2.05) is 0 Å². The number of nitrogens with one attached hydrogen (secondary N) is 2. The first-order valence-electron chi connectivity index (χ1n) is 9.77. The summed E-state index contributed by atoms with van der Waals surface area (Å²) in [5.41, 5.74) is 0.763. The molecule has 2 aromatic rings. The van der Waals surface area contributed by atoms with Crippen molar-refractivity contribution in [2.75, 3.05) is 26.0 Å². The predicted octanol–water partition coefficient (Wildman–Crippen LogP) is 1.77. The van der Waals surface area contributed by atoms with Crippen molar-refractivity contribution in [2.45, 2.75) is 31.7 Å². The van der Waals surface area contributed by atoms with Crippen LogP contribution < -0.4 is 10.6 Å². The molecule has 10 nitrogen and oxygen atoms in total. The van der Waals surface area contributed by atoms with Crippen molar-refractivity contribution in [3.8, 4) is 0 Å². The highest BCUT2D eigenvalue weighted by atomic mass is 32.2. The molecule has 0 radical (unpaired) electrons. The minimum atomic E-state index is -3.69. The van der Waals surface area contributed by atoms with Crippen LogP contribution in [0, 0.1) is 12.8 Å². The fourth-order valence-corrected chi connectivity index (χ4v) is 3.84. The Bertz CT molecular complexity index is 1080. The van der Waals surface area contributed by atoms with E-state index in [1.54, 1.807) is 39.0 Å². The van der Waals surface area contributed by atoms with Crippen LogP contribution in [0.25, 0.3) is 0 Å². The number of carbonyl (C=O) groups excluding carboxylic acids is 3. The SMILES string of the molecule is Cc1ccc(NC(=O)COC(=O)[C@@H](NC(=O)c2ccco2)C(C)C)cc1S(=O)(=O)N(C)C. The number of aryl methyl sites for hydroxylation is 1. The van der Waals surface area contributed by atoms with Crippen LogP contribution in [0.4, 0.5) is 5.69 Å². The molecule has 0 saturated carbocycles. The van der Waals surface area contributed by atoms with Gasteiger partial charge in [-0.3, -0.25) is 9.59 Å². The molecule has 0 bridgehead atoms. The van der Waals surface area contributed by atoms with Gasteiger partial charge in [0, 0.05) is 19.8 Å². The van der Waals surface area contributed by atoms with Crippen LogP contribution in [0.3, 0.4) is 0 Å². The lowest BCUT2D eigenvalue weighted by atomic mass is 10.0. The quantitative estimate of drug-likeness (QED) is 0.539. The Labute approximate surface area is 187 Å². The Morgan fingerprint density at radius 1 is 1.16 bits per heavy atom. The maximum Gasteiger partial charge on any atom is 0.329 e. The first kappa shape index (κ1) is 25.1. The van der Waals surface area contributed by atoms with Gasteiger partial charge in [-0.15, -0.1) is 0 Å². The van der Waals surface area contributed by atoms with E-state index in [4.69, 9.17) is 9.15 Å². The number of hydrogen-bond acceptors (Lipinski definition) is 7. The number of rotatable bonds is 9. The zero-order valence-corrected chi connectivity index (χ0v) is 19.4. The second kappa shape index (κ2) is 10.4. The first-order valence-corrected chi connectivity index (χ1v) is 11.2. The van der Waals surface area contributed by atoms with Gasteiger partial charge < -0.3 is 19.8 Å². The van der Waals surface area contributed by atoms with Crippen molar-refractivity contribution in [2.24, 2.45) is 5.92 Å². The molecule has 0 aliphatic carbocycles. The highest BCUT2D eigenvalue weighted by Gasteiger charge is 2.27. The van der Waals surface area contributed by atoms with E-state index >= 15 is 0 Å². The van der Waals surface area contributed by atoms with Crippen LogP contribution in [0.2, 0.25) is 0 Å². The van der Waals surface area contributed by atoms with E-state index in [0.717, 1.165) is 4.31 Å². The molecule has 1 aromatic carbocycles. The highest BCUT2D eigenvalue weighted by molar-refractivity contribution is 7.89. The van der Waals surface area contributed by atoms with Crippen LogP contribution in [0.15, 0.2) is 45.9 Å². The highest BCUT2D eigenvalue weighted by Crippen LogP contribution is 2.22. The molecule has 0 saturated heterocycles. The van der Waals surface area contributed by atoms with Crippen molar-refractivity contribution in [1.29, 1.82) is 0 Å². The van der Waals surface area contributed by atoms with E-state index in [-0.39, 0.29) is 22.3 Å². The van der Waals surface area contributed by atoms with Crippen molar-refractivity contribution in [3.05, 3.63) is 47.9 Å². The zero-order chi connectivity index (χ0) is 24.1. The molecular formula is C21H27N3O7S. The smallest absolute Gasteiger partial charge is 0.329 e. The Morgan fingerprint density at radius 3 is 2.41 bits per heavy atom. The summed E-state index contributed by atoms with van der Waals surface area (Å²) < 4.78 is 36.0. The molecule has 11 heteroatoms. The van der Waals surface area contributed by atoms with Gasteiger partial charge in [0.1, 0.15) is 6.04 Å². The first-order chi connectivity index (χ1) is 14.9. The van der Waals surface area contributed by atoms with E-state index in [2.05, 4.69) is 10.6 Å². The van der Waals surface area contributed by atoms with Gasteiger partial charge in [-0.05, 0) is 42.7 Å². The number of amides is 2. The molecule has 32 heavy (non-hydrogen) atoms. The molecular weight excluding hydrogens is 438 g/mol. The molecule has 0 unspecified atom stereocenters. The number of ether oxygens (including phenoxy) is 1. The Balaban J connectivity index is 2.01. The van der Waals surface area contributed by atoms with Gasteiger partial charge in [0.15, 0.2) is 12.4 Å². The van der Waals surface area contributed by atoms with Crippen molar-refractivity contribution < 1.29 is 32.0 Å². The van der Waals surface area contributed by atoms with Gasteiger partial charge in [0.25, 0.3) is 11.8 Å². The minimum absolute atomic E-state index is 0.0454. The van der Waals surface area contributed by atoms with Crippen molar-refractivity contribution in [3.63, 3.8) is 0 Å². The van der Waals surface area contributed by atoms with Crippen molar-refractivity contribution >= 4 is 33.5 Å². The predicted molar refractivity (Wildman–Crippen MR) is 116 cm³/mol. The average Bonchev–Trinajstić information content (AvgIpc) is 3.26. The molecule has 2 rings (SSSR count). The lowest BCUT2D eigenvalue weighted by Gasteiger charge is -2.20. The van der Waals surface area contributed by atoms with Gasteiger partial charge in [-0.2, -0.15) is 0 Å². The second-order valence-electron chi connectivity index (χ2n) is 7.60. The van der Waals surface area contributed by atoms with E-state index in [0.29, 0.717) is 5.56 Å². The van der Waals surface area contributed by atoms with Crippen molar-refractivity contribution in [1.82, 2.24) is 9.62 Å². The number of sulfonamides is 1. The van der Waals surface area contributed by atoms with Crippen LogP contribution in [-0.2, 0) is 24.3 Å². The Hall–Kier alpha value is -3.18. The topological polar surface area (TPSA) is 135 Å². The maximum atomic E-state index is 12.4. The van der Waals surface area contributed by atoms with Gasteiger partial charge >= 0.3 is 5.97 Å². The third-order valence-corrected chi connectivity index (χ3v) is 6.49. The molecule has 0 aliphatic heterocycles. The third kappa shape index (κ3) is 6.17. The molecule has 1 atom stereocenters. The minimum Gasteiger partial charge on any atom is -0.459 e. The number of anilines is 1. The molecule has 2 N–H and O–H groups in total. The fourth-order valence-electron chi connectivity index (χ4n) is 2.69. The summed E-state index contributed by atoms with van der Waals surface area (Å²) in [4.78, 5) is 36.9. The summed E-state index contributed by atoms with van der Waals surface area (Å²) in [5, 5.41) is 5.03. The van der Waals surface area contributed by atoms with Gasteiger partial charge in [0.05, 0.1) is 11.2 Å². The largest absolute Gasteiger partial charge is 0.459 e.